The molecule has 0 unspecified atom stereocenters. The van der Waals surface area contributed by atoms with Gasteiger partial charge in [-0.1, -0.05) is 11.6 Å². The number of anilines is 1. The quantitative estimate of drug-likeness (QED) is 0.925. The molecule has 5 nitrogen and oxygen atoms in total. The highest BCUT2D eigenvalue weighted by Gasteiger charge is 2.09. The summed E-state index contributed by atoms with van der Waals surface area (Å²) in [5.41, 5.74) is 0.141. The molecule has 7 heteroatoms. The van der Waals surface area contributed by atoms with Crippen LogP contribution in [0.1, 0.15) is 10.5 Å². The summed E-state index contributed by atoms with van der Waals surface area (Å²) in [7, 11) is 0. The molecule has 0 aliphatic heterocycles. The van der Waals surface area contributed by atoms with Gasteiger partial charge in [-0.25, -0.2) is 9.97 Å². The van der Waals surface area contributed by atoms with Gasteiger partial charge in [-0.3, -0.25) is 9.78 Å². The van der Waals surface area contributed by atoms with Crippen molar-refractivity contribution in [1.29, 1.82) is 0 Å². The van der Waals surface area contributed by atoms with Crippen LogP contribution in [0.5, 0.6) is 0 Å². The standard InChI is InChI=1S/C10H6BrClN4O/c11-6-1-2-9(14-3-6)16-10(17)7-4-13-5-8(12)15-7/h1-5H,(H,14,16,17). The third kappa shape index (κ3) is 3.21. The number of carbonyl (C=O) groups is 1. The largest absolute Gasteiger partial charge is 0.305 e. The summed E-state index contributed by atoms with van der Waals surface area (Å²) < 4.78 is 0.832. The maximum atomic E-state index is 11.7. The Hall–Kier alpha value is -1.53. The number of hydrogen-bond acceptors (Lipinski definition) is 4. The topological polar surface area (TPSA) is 67.8 Å². The lowest BCUT2D eigenvalue weighted by atomic mass is 10.4. The minimum Gasteiger partial charge on any atom is -0.305 e. The Labute approximate surface area is 110 Å². The zero-order valence-electron chi connectivity index (χ0n) is 8.39. The van der Waals surface area contributed by atoms with Crippen molar-refractivity contribution in [3.8, 4) is 0 Å². The Morgan fingerprint density at radius 3 is 2.76 bits per heavy atom. The van der Waals surface area contributed by atoms with Gasteiger partial charge in [0.1, 0.15) is 16.7 Å². The summed E-state index contributed by atoms with van der Waals surface area (Å²) in [6.45, 7) is 0. The fourth-order valence-electron chi connectivity index (χ4n) is 1.08. The van der Waals surface area contributed by atoms with Crippen LogP contribution in [0.3, 0.4) is 0 Å². The lowest BCUT2D eigenvalue weighted by Gasteiger charge is -2.03. The van der Waals surface area contributed by atoms with Gasteiger partial charge in [-0.2, -0.15) is 0 Å². The lowest BCUT2D eigenvalue weighted by Crippen LogP contribution is -2.14. The minimum absolute atomic E-state index is 0.141. The van der Waals surface area contributed by atoms with Crippen LogP contribution in [-0.2, 0) is 0 Å². The maximum absolute atomic E-state index is 11.7. The molecule has 0 fully saturated rings. The highest BCUT2D eigenvalue weighted by Crippen LogP contribution is 2.11. The molecule has 0 aliphatic rings. The molecule has 2 aromatic rings. The van der Waals surface area contributed by atoms with Crippen LogP contribution in [0, 0.1) is 0 Å². The van der Waals surface area contributed by atoms with Gasteiger partial charge < -0.3 is 5.32 Å². The number of carbonyl (C=O) groups excluding carboxylic acids is 1. The van der Waals surface area contributed by atoms with Gasteiger partial charge >= 0.3 is 0 Å². The molecule has 1 N–H and O–H groups in total. The predicted molar refractivity (Wildman–Crippen MR) is 66.9 cm³/mol. The normalized spacial score (nSPS) is 10.0. The van der Waals surface area contributed by atoms with E-state index in [0.29, 0.717) is 5.82 Å². The van der Waals surface area contributed by atoms with Crippen molar-refractivity contribution in [2.75, 3.05) is 5.32 Å². The Kier molecular flexibility index (Phi) is 3.65. The molecule has 0 bridgehead atoms. The van der Waals surface area contributed by atoms with Crippen LogP contribution in [0.25, 0.3) is 0 Å². The molecular weight excluding hydrogens is 307 g/mol. The molecule has 0 spiro atoms. The fourth-order valence-corrected chi connectivity index (χ4v) is 1.46. The van der Waals surface area contributed by atoms with Gasteiger partial charge in [0.25, 0.3) is 5.91 Å². The first-order valence-corrected chi connectivity index (χ1v) is 5.73. The molecule has 17 heavy (non-hydrogen) atoms. The zero-order chi connectivity index (χ0) is 12.3. The van der Waals surface area contributed by atoms with Crippen LogP contribution >= 0.6 is 27.5 Å². The summed E-state index contributed by atoms with van der Waals surface area (Å²) in [5.74, 6) is 0.0230. The molecule has 0 saturated carbocycles. The predicted octanol–water partition coefficient (Wildman–Crippen LogP) is 2.54. The summed E-state index contributed by atoms with van der Waals surface area (Å²) in [4.78, 5) is 23.4. The zero-order valence-corrected chi connectivity index (χ0v) is 10.7. The first kappa shape index (κ1) is 11.9. The van der Waals surface area contributed by atoms with Gasteiger partial charge in [0.15, 0.2) is 0 Å². The van der Waals surface area contributed by atoms with Crippen molar-refractivity contribution >= 4 is 39.3 Å². The Balaban J connectivity index is 2.14. The average Bonchev–Trinajstić information content (AvgIpc) is 2.32. The first-order valence-electron chi connectivity index (χ1n) is 4.55. The van der Waals surface area contributed by atoms with Gasteiger partial charge in [0.05, 0.1) is 12.4 Å². The van der Waals surface area contributed by atoms with Crippen molar-refractivity contribution in [2.24, 2.45) is 0 Å². The third-order valence-electron chi connectivity index (χ3n) is 1.81. The molecule has 0 aromatic carbocycles. The van der Waals surface area contributed by atoms with E-state index in [0.717, 1.165) is 4.47 Å². The maximum Gasteiger partial charge on any atom is 0.277 e. The van der Waals surface area contributed by atoms with Crippen LogP contribution < -0.4 is 5.32 Å². The highest BCUT2D eigenvalue weighted by molar-refractivity contribution is 9.10. The number of halogens is 2. The molecule has 0 atom stereocenters. The van der Waals surface area contributed by atoms with Crippen molar-refractivity contribution in [3.63, 3.8) is 0 Å². The molecule has 2 rings (SSSR count). The molecule has 0 saturated heterocycles. The number of nitrogens with zero attached hydrogens (tertiary/aromatic N) is 3. The van der Waals surface area contributed by atoms with E-state index in [1.54, 1.807) is 18.3 Å². The van der Waals surface area contributed by atoms with Crippen molar-refractivity contribution < 1.29 is 4.79 Å². The molecule has 0 aliphatic carbocycles. The Morgan fingerprint density at radius 2 is 2.12 bits per heavy atom. The SMILES string of the molecule is O=C(Nc1ccc(Br)cn1)c1cncc(Cl)n1. The lowest BCUT2D eigenvalue weighted by molar-refractivity contribution is 0.102. The monoisotopic (exact) mass is 312 g/mol. The number of hydrogen-bond donors (Lipinski definition) is 1. The molecule has 2 heterocycles. The van der Waals surface area contributed by atoms with Crippen LogP contribution in [0.4, 0.5) is 5.82 Å². The molecule has 1 amide bonds. The minimum atomic E-state index is -0.408. The number of amides is 1. The van der Waals surface area contributed by atoms with Crippen molar-refractivity contribution in [1.82, 2.24) is 15.0 Å². The summed E-state index contributed by atoms with van der Waals surface area (Å²) in [5, 5.41) is 2.75. The molecule has 0 radical (unpaired) electrons. The van der Waals surface area contributed by atoms with E-state index in [4.69, 9.17) is 11.6 Å². The highest BCUT2D eigenvalue weighted by atomic mass is 79.9. The number of aromatic nitrogens is 3. The van der Waals surface area contributed by atoms with E-state index >= 15 is 0 Å². The van der Waals surface area contributed by atoms with Crippen molar-refractivity contribution in [2.45, 2.75) is 0 Å². The second kappa shape index (κ2) is 5.20. The fraction of sp³-hybridized carbons (Fsp3) is 0. The van der Waals surface area contributed by atoms with E-state index in [1.807, 2.05) is 0 Å². The van der Waals surface area contributed by atoms with Gasteiger partial charge in [-0.05, 0) is 28.1 Å². The number of rotatable bonds is 2. The van der Waals surface area contributed by atoms with Gasteiger partial charge in [0.2, 0.25) is 0 Å². The van der Waals surface area contributed by atoms with Gasteiger partial charge in [-0.15, -0.1) is 0 Å². The summed E-state index contributed by atoms with van der Waals surface area (Å²) in [6, 6.07) is 3.44. The molecule has 86 valence electrons. The van der Waals surface area contributed by atoms with Crippen LogP contribution in [-0.4, -0.2) is 20.9 Å². The van der Waals surface area contributed by atoms with Crippen LogP contribution in [0.2, 0.25) is 5.15 Å². The van der Waals surface area contributed by atoms with Crippen LogP contribution in [0.15, 0.2) is 35.2 Å². The number of nitrogens with one attached hydrogen (secondary N) is 1. The Bertz CT molecular complexity index is 546. The van der Waals surface area contributed by atoms with E-state index in [1.165, 1.54) is 12.4 Å². The first-order chi connectivity index (χ1) is 8.15. The molecular formula is C10H6BrClN4O. The summed E-state index contributed by atoms with van der Waals surface area (Å²) >= 11 is 8.89. The van der Waals surface area contributed by atoms with Crippen molar-refractivity contribution in [3.05, 3.63) is 46.0 Å². The summed E-state index contributed by atoms with van der Waals surface area (Å²) in [6.07, 6.45) is 4.27. The smallest absolute Gasteiger partial charge is 0.277 e. The second-order valence-corrected chi connectivity index (χ2v) is 4.35. The Morgan fingerprint density at radius 1 is 1.29 bits per heavy atom. The van der Waals surface area contributed by atoms with E-state index in [2.05, 4.69) is 36.2 Å². The van der Waals surface area contributed by atoms with E-state index < -0.39 is 5.91 Å². The number of pyridine rings is 1. The van der Waals surface area contributed by atoms with E-state index in [9.17, 15) is 4.79 Å². The van der Waals surface area contributed by atoms with E-state index in [-0.39, 0.29) is 10.8 Å². The molecule has 2 aromatic heterocycles. The van der Waals surface area contributed by atoms with Gasteiger partial charge in [0, 0.05) is 10.7 Å². The average molecular weight is 314 g/mol. The third-order valence-corrected chi connectivity index (χ3v) is 2.46. The second-order valence-electron chi connectivity index (χ2n) is 3.04.